The Morgan fingerprint density at radius 3 is 2.78 bits per heavy atom. The lowest BCUT2D eigenvalue weighted by molar-refractivity contribution is -0.118. The third-order valence-electron chi connectivity index (χ3n) is 3.12. The van der Waals surface area contributed by atoms with Crippen LogP contribution in [0.25, 0.3) is 0 Å². The first kappa shape index (κ1) is 16.6. The van der Waals surface area contributed by atoms with Crippen LogP contribution in [0, 0.1) is 18.3 Å². The minimum atomic E-state index is -0.886. The number of hydrogen-bond donors (Lipinski definition) is 2. The van der Waals surface area contributed by atoms with Gasteiger partial charge in [0, 0.05) is 0 Å². The smallest absolute Gasteiger partial charge is 0.408 e. The van der Waals surface area contributed by atoms with Gasteiger partial charge in [-0.1, -0.05) is 0 Å². The van der Waals surface area contributed by atoms with Gasteiger partial charge in [0.05, 0.1) is 17.3 Å². The van der Waals surface area contributed by atoms with E-state index in [1.807, 2.05) is 0 Å². The van der Waals surface area contributed by atoms with Crippen LogP contribution in [0.1, 0.15) is 31.9 Å². The SMILES string of the molecule is Cc1cc2c(cc1C#N)NC(=O)[C@H](NC(=O)OC(C)(C)C)CO2. The summed E-state index contributed by atoms with van der Waals surface area (Å²) in [6, 6.07) is 4.41. The maximum Gasteiger partial charge on any atom is 0.408 e. The zero-order chi connectivity index (χ0) is 17.2. The monoisotopic (exact) mass is 317 g/mol. The van der Waals surface area contributed by atoms with Crippen molar-refractivity contribution in [2.45, 2.75) is 39.3 Å². The molecule has 2 N–H and O–H groups in total. The number of hydrogen-bond acceptors (Lipinski definition) is 5. The Bertz CT molecular complexity index is 686. The summed E-state index contributed by atoms with van der Waals surface area (Å²) in [5, 5.41) is 14.2. The lowest BCUT2D eigenvalue weighted by Gasteiger charge is -2.22. The lowest BCUT2D eigenvalue weighted by atomic mass is 10.1. The van der Waals surface area contributed by atoms with Gasteiger partial charge in [-0.3, -0.25) is 4.79 Å². The number of ether oxygens (including phenoxy) is 2. The number of alkyl carbamates (subject to hydrolysis) is 1. The number of anilines is 1. The first-order valence-electron chi connectivity index (χ1n) is 7.17. The van der Waals surface area contributed by atoms with Crippen molar-refractivity contribution in [2.24, 2.45) is 0 Å². The normalized spacial score (nSPS) is 17.0. The third-order valence-corrected chi connectivity index (χ3v) is 3.12. The summed E-state index contributed by atoms with van der Waals surface area (Å²) in [6.45, 7) is 6.96. The van der Waals surface area contributed by atoms with E-state index >= 15 is 0 Å². The molecule has 0 unspecified atom stereocenters. The molecule has 1 aromatic carbocycles. The Labute approximate surface area is 134 Å². The molecule has 2 amide bonds. The summed E-state index contributed by atoms with van der Waals surface area (Å²) in [5.74, 6) is 0.0330. The van der Waals surface area contributed by atoms with Gasteiger partial charge in [-0.05, 0) is 45.4 Å². The number of nitrogens with one attached hydrogen (secondary N) is 2. The number of nitrogens with zero attached hydrogens (tertiary/aromatic N) is 1. The second-order valence-corrected chi connectivity index (χ2v) is 6.27. The number of aryl methyl sites for hydroxylation is 1. The fourth-order valence-electron chi connectivity index (χ4n) is 2.04. The average Bonchev–Trinajstić information content (AvgIpc) is 2.56. The van der Waals surface area contributed by atoms with Gasteiger partial charge >= 0.3 is 6.09 Å². The summed E-state index contributed by atoms with van der Waals surface area (Å²) >= 11 is 0. The highest BCUT2D eigenvalue weighted by Crippen LogP contribution is 2.30. The molecule has 7 nitrogen and oxygen atoms in total. The number of amides is 2. The highest BCUT2D eigenvalue weighted by Gasteiger charge is 2.28. The van der Waals surface area contributed by atoms with Gasteiger partial charge < -0.3 is 20.1 Å². The summed E-state index contributed by atoms with van der Waals surface area (Å²) in [5.41, 5.74) is 0.948. The Hall–Kier alpha value is -2.75. The van der Waals surface area contributed by atoms with Gasteiger partial charge in [0.1, 0.15) is 24.0 Å². The number of rotatable bonds is 1. The van der Waals surface area contributed by atoms with Crippen LogP contribution in [0.4, 0.5) is 10.5 Å². The molecule has 1 aliphatic heterocycles. The average molecular weight is 317 g/mol. The number of nitriles is 1. The molecule has 1 aromatic rings. The van der Waals surface area contributed by atoms with E-state index < -0.39 is 23.6 Å². The third kappa shape index (κ3) is 4.13. The maximum absolute atomic E-state index is 12.2. The van der Waals surface area contributed by atoms with Crippen molar-refractivity contribution in [2.75, 3.05) is 11.9 Å². The van der Waals surface area contributed by atoms with Gasteiger partial charge in [-0.2, -0.15) is 5.26 Å². The van der Waals surface area contributed by atoms with Crippen molar-refractivity contribution in [1.29, 1.82) is 5.26 Å². The van der Waals surface area contributed by atoms with E-state index in [1.165, 1.54) is 0 Å². The molecule has 0 aromatic heterocycles. The van der Waals surface area contributed by atoms with Crippen molar-refractivity contribution in [3.05, 3.63) is 23.3 Å². The molecule has 0 bridgehead atoms. The fourth-order valence-corrected chi connectivity index (χ4v) is 2.04. The summed E-state index contributed by atoms with van der Waals surface area (Å²) in [6.07, 6.45) is -0.693. The van der Waals surface area contributed by atoms with Gasteiger partial charge in [0.2, 0.25) is 0 Å². The number of carbonyl (C=O) groups excluding carboxylic acids is 2. The topological polar surface area (TPSA) is 100 Å². The molecule has 0 fully saturated rings. The first-order valence-corrected chi connectivity index (χ1v) is 7.17. The van der Waals surface area contributed by atoms with Gasteiger partial charge in [0.25, 0.3) is 5.91 Å². The highest BCUT2D eigenvalue weighted by atomic mass is 16.6. The van der Waals surface area contributed by atoms with Crippen molar-refractivity contribution >= 4 is 17.7 Å². The second kappa shape index (κ2) is 6.16. The predicted octanol–water partition coefficient (Wildman–Crippen LogP) is 2.09. The van der Waals surface area contributed by atoms with Crippen LogP contribution >= 0.6 is 0 Å². The van der Waals surface area contributed by atoms with Crippen molar-refractivity contribution in [3.63, 3.8) is 0 Å². The lowest BCUT2D eigenvalue weighted by Crippen LogP contribution is -2.48. The van der Waals surface area contributed by atoms with Crippen LogP contribution in [0.3, 0.4) is 0 Å². The Morgan fingerprint density at radius 1 is 1.48 bits per heavy atom. The van der Waals surface area contributed by atoms with E-state index in [0.717, 1.165) is 5.56 Å². The van der Waals surface area contributed by atoms with Crippen LogP contribution in [0.2, 0.25) is 0 Å². The molecule has 1 heterocycles. The quantitative estimate of drug-likeness (QED) is 0.826. The molecule has 23 heavy (non-hydrogen) atoms. The van der Waals surface area contributed by atoms with Crippen molar-refractivity contribution in [3.8, 4) is 11.8 Å². The van der Waals surface area contributed by atoms with E-state index in [2.05, 4.69) is 16.7 Å². The Kier molecular flexibility index (Phi) is 4.45. The van der Waals surface area contributed by atoms with Crippen LogP contribution < -0.4 is 15.4 Å². The molecular weight excluding hydrogens is 298 g/mol. The zero-order valence-corrected chi connectivity index (χ0v) is 13.5. The molecule has 122 valence electrons. The number of carbonyl (C=O) groups is 2. The minimum absolute atomic E-state index is 0.0244. The molecule has 7 heteroatoms. The standard InChI is InChI=1S/C16H19N3O4/c1-9-5-13-11(6-10(9)7-17)18-14(20)12(8-22-13)19-15(21)23-16(2,3)4/h5-6,12H,8H2,1-4H3,(H,18,20)(H,19,21)/t12-/m1/s1. The van der Waals surface area contributed by atoms with Gasteiger partial charge in [-0.25, -0.2) is 4.79 Å². The Balaban J connectivity index is 2.14. The Morgan fingerprint density at radius 2 is 2.17 bits per heavy atom. The largest absolute Gasteiger partial charge is 0.489 e. The molecule has 2 rings (SSSR count). The number of fused-ring (bicyclic) bond motifs is 1. The summed E-state index contributed by atoms with van der Waals surface area (Å²) in [7, 11) is 0. The van der Waals surface area contributed by atoms with Crippen molar-refractivity contribution < 1.29 is 19.1 Å². The van der Waals surface area contributed by atoms with Gasteiger partial charge in [0.15, 0.2) is 0 Å². The van der Waals surface area contributed by atoms with Crippen LogP contribution in [0.15, 0.2) is 12.1 Å². The summed E-state index contributed by atoms with van der Waals surface area (Å²) < 4.78 is 10.7. The van der Waals surface area contributed by atoms with Crippen molar-refractivity contribution in [1.82, 2.24) is 5.32 Å². The van der Waals surface area contributed by atoms with E-state index in [1.54, 1.807) is 39.8 Å². The molecular formula is C16H19N3O4. The van der Waals surface area contributed by atoms with Crippen LogP contribution in [-0.2, 0) is 9.53 Å². The van der Waals surface area contributed by atoms with E-state index in [0.29, 0.717) is 17.0 Å². The van der Waals surface area contributed by atoms with E-state index in [4.69, 9.17) is 14.7 Å². The molecule has 0 radical (unpaired) electrons. The molecule has 1 aliphatic rings. The minimum Gasteiger partial charge on any atom is -0.489 e. The maximum atomic E-state index is 12.2. The second-order valence-electron chi connectivity index (χ2n) is 6.27. The molecule has 0 saturated carbocycles. The molecule has 0 aliphatic carbocycles. The predicted molar refractivity (Wildman–Crippen MR) is 83.2 cm³/mol. The van der Waals surface area contributed by atoms with Gasteiger partial charge in [-0.15, -0.1) is 0 Å². The fraction of sp³-hybridized carbons (Fsp3) is 0.438. The molecule has 1 atom stereocenters. The number of benzene rings is 1. The highest BCUT2D eigenvalue weighted by molar-refractivity contribution is 5.98. The van der Waals surface area contributed by atoms with E-state index in [9.17, 15) is 9.59 Å². The van der Waals surface area contributed by atoms with Crippen LogP contribution in [0.5, 0.6) is 5.75 Å². The zero-order valence-electron chi connectivity index (χ0n) is 13.5. The molecule has 0 spiro atoms. The summed E-state index contributed by atoms with van der Waals surface area (Å²) in [4.78, 5) is 24.0. The molecule has 0 saturated heterocycles. The van der Waals surface area contributed by atoms with E-state index in [-0.39, 0.29) is 6.61 Å². The first-order chi connectivity index (χ1) is 10.7. The van der Waals surface area contributed by atoms with Crippen LogP contribution in [-0.4, -0.2) is 30.3 Å².